The van der Waals surface area contributed by atoms with Gasteiger partial charge in [0.25, 0.3) is 0 Å². The van der Waals surface area contributed by atoms with Crippen molar-refractivity contribution in [3.8, 4) is 23.0 Å². The maximum absolute atomic E-state index is 9.74. The number of hydrogen-bond acceptors (Lipinski definition) is 7. The minimum absolute atomic E-state index is 0.0783. The lowest BCUT2D eigenvalue weighted by Crippen LogP contribution is -2.06. The standard InChI is InChI=1S/C21H22N2O5S/c1-25-17-5-15(6-18(8-17)26-2)12-29-21-22-9-16(11-24)23(21)10-14-3-4-19-20(7-14)28-13-27-19/h3-9,24H,10-13H2,1-2H3. The molecule has 1 aliphatic rings. The molecular weight excluding hydrogens is 392 g/mol. The fourth-order valence-corrected chi connectivity index (χ4v) is 4.05. The molecule has 8 heteroatoms. The van der Waals surface area contributed by atoms with Crippen LogP contribution in [0.25, 0.3) is 0 Å². The lowest BCUT2D eigenvalue weighted by molar-refractivity contribution is 0.174. The van der Waals surface area contributed by atoms with Gasteiger partial charge in [0.1, 0.15) is 11.5 Å². The summed E-state index contributed by atoms with van der Waals surface area (Å²) >= 11 is 1.59. The van der Waals surface area contributed by atoms with E-state index in [-0.39, 0.29) is 13.4 Å². The molecule has 0 bridgehead atoms. The lowest BCUT2D eigenvalue weighted by atomic mass is 10.2. The van der Waals surface area contributed by atoms with Crippen LogP contribution in [0.5, 0.6) is 23.0 Å². The van der Waals surface area contributed by atoms with Crippen LogP contribution >= 0.6 is 11.8 Å². The van der Waals surface area contributed by atoms with E-state index in [1.165, 1.54) is 0 Å². The first-order valence-corrected chi connectivity index (χ1v) is 10.1. The second kappa shape index (κ2) is 8.67. The molecule has 0 aliphatic carbocycles. The van der Waals surface area contributed by atoms with Crippen LogP contribution in [0.2, 0.25) is 0 Å². The van der Waals surface area contributed by atoms with E-state index in [1.54, 1.807) is 32.2 Å². The molecule has 7 nitrogen and oxygen atoms in total. The number of benzene rings is 2. The van der Waals surface area contributed by atoms with Crippen molar-refractivity contribution in [2.45, 2.75) is 24.1 Å². The highest BCUT2D eigenvalue weighted by Gasteiger charge is 2.16. The van der Waals surface area contributed by atoms with Gasteiger partial charge in [-0.3, -0.25) is 0 Å². The third kappa shape index (κ3) is 4.28. The zero-order chi connectivity index (χ0) is 20.2. The molecule has 0 saturated carbocycles. The largest absolute Gasteiger partial charge is 0.497 e. The van der Waals surface area contributed by atoms with Crippen molar-refractivity contribution in [2.24, 2.45) is 0 Å². The van der Waals surface area contributed by atoms with Gasteiger partial charge in [-0.15, -0.1) is 0 Å². The second-order valence-electron chi connectivity index (χ2n) is 6.47. The number of aromatic nitrogens is 2. The summed E-state index contributed by atoms with van der Waals surface area (Å²) in [5.41, 5.74) is 2.87. The predicted molar refractivity (Wildman–Crippen MR) is 109 cm³/mol. The average Bonchev–Trinajstić information content (AvgIpc) is 3.38. The summed E-state index contributed by atoms with van der Waals surface area (Å²) in [6, 6.07) is 11.7. The molecule has 0 unspecified atom stereocenters. The van der Waals surface area contributed by atoms with Crippen LogP contribution in [0.4, 0.5) is 0 Å². The number of ether oxygens (including phenoxy) is 4. The van der Waals surface area contributed by atoms with Gasteiger partial charge in [-0.25, -0.2) is 4.98 Å². The summed E-state index contributed by atoms with van der Waals surface area (Å²) in [5.74, 6) is 3.69. The average molecular weight is 414 g/mol. The third-order valence-corrected chi connectivity index (χ3v) is 5.68. The Morgan fingerprint density at radius 2 is 1.79 bits per heavy atom. The van der Waals surface area contributed by atoms with Crippen LogP contribution < -0.4 is 18.9 Å². The SMILES string of the molecule is COc1cc(CSc2ncc(CO)n2Cc2ccc3c(c2)OCO3)cc(OC)c1. The third-order valence-electron chi connectivity index (χ3n) is 4.62. The normalized spacial score (nSPS) is 12.2. The number of nitrogens with zero attached hydrogens (tertiary/aromatic N) is 2. The Morgan fingerprint density at radius 3 is 2.52 bits per heavy atom. The Labute approximate surface area is 173 Å². The van der Waals surface area contributed by atoms with Gasteiger partial charge in [-0.2, -0.15) is 0 Å². The van der Waals surface area contributed by atoms with Crippen LogP contribution in [0.3, 0.4) is 0 Å². The number of aliphatic hydroxyl groups is 1. The second-order valence-corrected chi connectivity index (χ2v) is 7.42. The first-order valence-electron chi connectivity index (χ1n) is 9.08. The molecule has 29 heavy (non-hydrogen) atoms. The molecule has 2 heterocycles. The molecule has 0 radical (unpaired) electrons. The van der Waals surface area contributed by atoms with Crippen molar-refractivity contribution >= 4 is 11.8 Å². The monoisotopic (exact) mass is 414 g/mol. The fraction of sp³-hybridized carbons (Fsp3) is 0.286. The number of imidazole rings is 1. The van der Waals surface area contributed by atoms with Gasteiger partial charge in [0.2, 0.25) is 6.79 Å². The van der Waals surface area contributed by atoms with Crippen LogP contribution in [0, 0.1) is 0 Å². The number of fused-ring (bicyclic) bond motifs is 1. The highest BCUT2D eigenvalue weighted by Crippen LogP contribution is 2.34. The van der Waals surface area contributed by atoms with E-state index in [0.29, 0.717) is 12.3 Å². The minimum Gasteiger partial charge on any atom is -0.497 e. The molecular formula is C21H22N2O5S. The maximum Gasteiger partial charge on any atom is 0.231 e. The Bertz CT molecular complexity index is 982. The van der Waals surface area contributed by atoms with Gasteiger partial charge in [0.15, 0.2) is 16.7 Å². The van der Waals surface area contributed by atoms with E-state index in [0.717, 1.165) is 45.0 Å². The molecule has 0 spiro atoms. The molecule has 3 aromatic rings. The van der Waals surface area contributed by atoms with Gasteiger partial charge >= 0.3 is 0 Å². The number of hydrogen-bond donors (Lipinski definition) is 1. The number of thioether (sulfide) groups is 1. The van der Waals surface area contributed by atoms with Crippen LogP contribution in [0.1, 0.15) is 16.8 Å². The molecule has 152 valence electrons. The first kappa shape index (κ1) is 19.5. The van der Waals surface area contributed by atoms with Gasteiger partial charge < -0.3 is 28.6 Å². The molecule has 0 amide bonds. The van der Waals surface area contributed by atoms with Crippen molar-refractivity contribution < 1.29 is 24.1 Å². The number of methoxy groups -OCH3 is 2. The zero-order valence-corrected chi connectivity index (χ0v) is 17.1. The topological polar surface area (TPSA) is 75.0 Å². The van der Waals surface area contributed by atoms with Crippen molar-refractivity contribution in [3.05, 3.63) is 59.4 Å². The van der Waals surface area contributed by atoms with Crippen molar-refractivity contribution in [3.63, 3.8) is 0 Å². The Balaban J connectivity index is 1.54. The van der Waals surface area contributed by atoms with E-state index < -0.39 is 0 Å². The van der Waals surface area contributed by atoms with Crippen LogP contribution in [-0.2, 0) is 18.9 Å². The predicted octanol–water partition coefficient (Wildman–Crippen LogP) is 3.46. The molecule has 0 fully saturated rings. The first-order chi connectivity index (χ1) is 14.2. The Kier molecular flexibility index (Phi) is 5.82. The molecule has 1 N–H and O–H groups in total. The van der Waals surface area contributed by atoms with Crippen LogP contribution in [-0.4, -0.2) is 35.7 Å². The Morgan fingerprint density at radius 1 is 1.03 bits per heavy atom. The maximum atomic E-state index is 9.74. The van der Waals surface area contributed by atoms with Crippen LogP contribution in [0.15, 0.2) is 47.8 Å². The fourth-order valence-electron chi connectivity index (χ4n) is 3.12. The van der Waals surface area contributed by atoms with E-state index in [1.807, 2.05) is 41.0 Å². The number of aliphatic hydroxyl groups excluding tert-OH is 1. The molecule has 0 atom stereocenters. The smallest absolute Gasteiger partial charge is 0.231 e. The summed E-state index contributed by atoms with van der Waals surface area (Å²) in [6.07, 6.45) is 1.71. The van der Waals surface area contributed by atoms with Gasteiger partial charge in [-0.05, 0) is 35.4 Å². The number of rotatable bonds is 8. The summed E-state index contributed by atoms with van der Waals surface area (Å²) in [5, 5.41) is 10.6. The van der Waals surface area contributed by atoms with E-state index in [9.17, 15) is 5.11 Å². The minimum atomic E-state index is -0.0783. The van der Waals surface area contributed by atoms with E-state index in [4.69, 9.17) is 18.9 Å². The van der Waals surface area contributed by atoms with Crippen molar-refractivity contribution in [1.29, 1.82) is 0 Å². The molecule has 4 rings (SSSR count). The van der Waals surface area contributed by atoms with E-state index in [2.05, 4.69) is 4.98 Å². The van der Waals surface area contributed by atoms with Gasteiger partial charge in [-0.1, -0.05) is 17.8 Å². The van der Waals surface area contributed by atoms with Crippen molar-refractivity contribution in [2.75, 3.05) is 21.0 Å². The molecule has 1 aromatic heterocycles. The zero-order valence-electron chi connectivity index (χ0n) is 16.3. The molecule has 2 aromatic carbocycles. The summed E-state index contributed by atoms with van der Waals surface area (Å²) < 4.78 is 23.5. The summed E-state index contributed by atoms with van der Waals surface area (Å²) in [6.45, 7) is 0.748. The van der Waals surface area contributed by atoms with Crippen molar-refractivity contribution in [1.82, 2.24) is 9.55 Å². The quantitative estimate of drug-likeness (QED) is 0.566. The Hall–Kier alpha value is -2.84. The summed E-state index contributed by atoms with van der Waals surface area (Å²) in [4.78, 5) is 4.50. The lowest BCUT2D eigenvalue weighted by Gasteiger charge is -2.12. The highest BCUT2D eigenvalue weighted by atomic mass is 32.2. The molecule has 0 saturated heterocycles. The molecule has 1 aliphatic heterocycles. The van der Waals surface area contributed by atoms with E-state index >= 15 is 0 Å². The van der Waals surface area contributed by atoms with Gasteiger partial charge in [0.05, 0.1) is 39.3 Å². The summed E-state index contributed by atoms with van der Waals surface area (Å²) in [7, 11) is 3.27. The van der Waals surface area contributed by atoms with Gasteiger partial charge in [0, 0.05) is 11.8 Å². The highest BCUT2D eigenvalue weighted by molar-refractivity contribution is 7.98.